The van der Waals surface area contributed by atoms with E-state index in [9.17, 15) is 19.5 Å². The molecule has 0 amide bonds. The molecule has 0 spiro atoms. The first-order valence-corrected chi connectivity index (χ1v) is 14.8. The molecule has 2 N–H and O–H groups in total. The maximum absolute atomic E-state index is 14.2. The number of ether oxygens (including phenoxy) is 2. The van der Waals surface area contributed by atoms with E-state index in [1.165, 1.54) is 42.2 Å². The molecule has 3 atom stereocenters. The number of aliphatic carboxylic acids is 1. The van der Waals surface area contributed by atoms with E-state index in [2.05, 4.69) is 10.3 Å². The highest BCUT2D eigenvalue weighted by Gasteiger charge is 2.40. The summed E-state index contributed by atoms with van der Waals surface area (Å²) in [5, 5.41) is 13.8. The van der Waals surface area contributed by atoms with Crippen LogP contribution in [0, 0.1) is 18.8 Å². The first kappa shape index (κ1) is 28.4. The summed E-state index contributed by atoms with van der Waals surface area (Å²) in [6, 6.07) is 7.53. The number of hydrogen-bond donors (Lipinski definition) is 2. The quantitative estimate of drug-likeness (QED) is 0.297. The third kappa shape index (κ3) is 4.67. The average Bonchev–Trinajstić information content (AvgIpc) is 3.75. The highest BCUT2D eigenvalue weighted by molar-refractivity contribution is 7.22. The van der Waals surface area contributed by atoms with Crippen molar-refractivity contribution in [2.75, 3.05) is 20.2 Å². The molecule has 4 heterocycles. The van der Waals surface area contributed by atoms with Crippen LogP contribution in [0.5, 0.6) is 5.75 Å². The van der Waals surface area contributed by atoms with Crippen LogP contribution < -0.4 is 21.3 Å². The van der Waals surface area contributed by atoms with E-state index in [-0.39, 0.29) is 18.0 Å². The minimum Gasteiger partial charge on any atom is -0.496 e. The Morgan fingerprint density at radius 1 is 1.24 bits per heavy atom. The van der Waals surface area contributed by atoms with Crippen molar-refractivity contribution in [1.29, 1.82) is 0 Å². The molecule has 1 saturated heterocycles. The lowest BCUT2D eigenvalue weighted by Gasteiger charge is -2.27. The number of nitrogens with one attached hydrogen (secondary N) is 1. The molecule has 12 heteroatoms. The molecule has 222 valence electrons. The Hall–Kier alpha value is -3.74. The number of methoxy groups -OCH3 is 1. The molecule has 4 aromatic rings. The number of aromatic nitrogens is 3. The predicted molar refractivity (Wildman–Crippen MR) is 157 cm³/mol. The second-order valence-electron chi connectivity index (χ2n) is 11.6. The molecule has 6 rings (SSSR count). The number of aryl methyl sites for hydroxylation is 1. The summed E-state index contributed by atoms with van der Waals surface area (Å²) < 4.78 is 20.3. The van der Waals surface area contributed by atoms with E-state index in [4.69, 9.17) is 13.9 Å². The fourth-order valence-corrected chi connectivity index (χ4v) is 7.64. The number of hydrogen-bond acceptors (Lipinski definition) is 9. The number of fused-ring (bicyclic) bond motifs is 2. The van der Waals surface area contributed by atoms with E-state index >= 15 is 0 Å². The van der Waals surface area contributed by atoms with Crippen molar-refractivity contribution < 1.29 is 23.8 Å². The highest BCUT2D eigenvalue weighted by Crippen LogP contribution is 2.41. The SMILES string of the molecule is COc1ccccc1C(Cn1c(=O)n(C(C)(C)C(=O)O)c(=O)c2c(C)c(-c3ncco3)sc21)OC1CC2CNCC2C1. The van der Waals surface area contributed by atoms with Gasteiger partial charge < -0.3 is 24.3 Å². The molecule has 3 aromatic heterocycles. The van der Waals surface area contributed by atoms with Crippen molar-refractivity contribution in [3.05, 3.63) is 68.7 Å². The summed E-state index contributed by atoms with van der Waals surface area (Å²) in [4.78, 5) is 45.7. The summed E-state index contributed by atoms with van der Waals surface area (Å²) in [5.74, 6) is 0.735. The van der Waals surface area contributed by atoms with Crippen LogP contribution in [0.4, 0.5) is 0 Å². The smallest absolute Gasteiger partial charge is 0.333 e. The van der Waals surface area contributed by atoms with Crippen LogP contribution in [0.1, 0.15) is 43.9 Å². The van der Waals surface area contributed by atoms with Crippen molar-refractivity contribution in [2.24, 2.45) is 11.8 Å². The Balaban J connectivity index is 1.54. The van der Waals surface area contributed by atoms with Gasteiger partial charge in [-0.3, -0.25) is 9.36 Å². The molecule has 2 aliphatic rings. The van der Waals surface area contributed by atoms with Gasteiger partial charge in [-0.1, -0.05) is 18.2 Å². The number of carboxylic acid groups (broad SMARTS) is 1. The normalized spacial score (nSPS) is 21.1. The summed E-state index contributed by atoms with van der Waals surface area (Å²) in [7, 11) is 1.59. The molecule has 1 saturated carbocycles. The molecule has 0 radical (unpaired) electrons. The summed E-state index contributed by atoms with van der Waals surface area (Å²) in [6.07, 6.45) is 4.14. The lowest BCUT2D eigenvalue weighted by Crippen LogP contribution is -2.52. The fourth-order valence-electron chi connectivity index (χ4n) is 6.40. The zero-order valence-corrected chi connectivity index (χ0v) is 24.8. The van der Waals surface area contributed by atoms with Crippen LogP contribution in [-0.4, -0.2) is 51.5 Å². The van der Waals surface area contributed by atoms with Gasteiger partial charge in [-0.15, -0.1) is 11.3 Å². The monoisotopic (exact) mass is 594 g/mol. The van der Waals surface area contributed by atoms with Gasteiger partial charge in [-0.05, 0) is 70.2 Å². The van der Waals surface area contributed by atoms with E-state index in [1.807, 2.05) is 24.3 Å². The van der Waals surface area contributed by atoms with Crippen LogP contribution in [-0.2, 0) is 21.6 Å². The van der Waals surface area contributed by atoms with Gasteiger partial charge in [0.1, 0.15) is 28.5 Å². The molecule has 1 aromatic carbocycles. The number of nitrogens with zero attached hydrogens (tertiary/aromatic N) is 3. The molecule has 1 aliphatic heterocycles. The number of oxazole rings is 1. The first-order chi connectivity index (χ1) is 20.1. The van der Waals surface area contributed by atoms with Crippen LogP contribution in [0.25, 0.3) is 21.0 Å². The zero-order valence-electron chi connectivity index (χ0n) is 24.0. The van der Waals surface area contributed by atoms with Gasteiger partial charge in [-0.25, -0.2) is 19.1 Å². The average molecular weight is 595 g/mol. The van der Waals surface area contributed by atoms with E-state index in [0.717, 1.165) is 36.1 Å². The molecule has 1 aliphatic carbocycles. The Morgan fingerprint density at radius 2 is 1.95 bits per heavy atom. The fraction of sp³-hybridized carbons (Fsp3) is 0.467. The molecule has 2 fully saturated rings. The highest BCUT2D eigenvalue weighted by atomic mass is 32.1. The topological polar surface area (TPSA) is 138 Å². The standard InChI is InChI=1S/C30H34N4O7S/c1-16-23-26(35)34(30(2,3)28(36)37)29(38)33(27(23)42-24(16)25-32-9-10-40-25)15-22(20-7-5-6-8-21(20)39-4)41-19-11-17-13-31-14-18(17)12-19/h5-10,17-19,22,31H,11-15H2,1-4H3,(H,36,37). The lowest BCUT2D eigenvalue weighted by molar-refractivity contribution is -0.146. The summed E-state index contributed by atoms with van der Waals surface area (Å²) in [5.41, 5.74) is -1.87. The maximum Gasteiger partial charge on any atom is 0.333 e. The van der Waals surface area contributed by atoms with Gasteiger partial charge in [0.15, 0.2) is 0 Å². The van der Waals surface area contributed by atoms with Gasteiger partial charge in [0.25, 0.3) is 5.56 Å². The van der Waals surface area contributed by atoms with Gasteiger partial charge >= 0.3 is 11.7 Å². The Morgan fingerprint density at radius 3 is 2.60 bits per heavy atom. The van der Waals surface area contributed by atoms with Crippen LogP contribution in [0.15, 0.2) is 50.7 Å². The molecule has 11 nitrogen and oxygen atoms in total. The predicted octanol–water partition coefficient (Wildman–Crippen LogP) is 3.77. The number of carbonyl (C=O) groups is 1. The van der Waals surface area contributed by atoms with Crippen molar-refractivity contribution in [3.8, 4) is 16.5 Å². The van der Waals surface area contributed by atoms with Crippen LogP contribution in [0.3, 0.4) is 0 Å². The largest absolute Gasteiger partial charge is 0.496 e. The Kier molecular flexibility index (Phi) is 7.32. The van der Waals surface area contributed by atoms with E-state index in [1.54, 1.807) is 14.0 Å². The minimum absolute atomic E-state index is 0.0162. The Labute approximate surface area is 245 Å². The molecular weight excluding hydrogens is 560 g/mol. The number of rotatable bonds is 9. The summed E-state index contributed by atoms with van der Waals surface area (Å²) in [6.45, 7) is 6.44. The lowest BCUT2D eigenvalue weighted by atomic mass is 10.0. The molecule has 3 unspecified atom stereocenters. The van der Waals surface area contributed by atoms with Crippen molar-refractivity contribution in [3.63, 3.8) is 0 Å². The Bertz CT molecular complexity index is 1740. The first-order valence-electron chi connectivity index (χ1n) is 14.0. The van der Waals surface area contributed by atoms with Crippen molar-refractivity contribution in [2.45, 2.75) is 57.9 Å². The second-order valence-corrected chi connectivity index (χ2v) is 12.6. The minimum atomic E-state index is -1.81. The van der Waals surface area contributed by atoms with Gasteiger partial charge in [-0.2, -0.15) is 0 Å². The molecule has 42 heavy (non-hydrogen) atoms. The summed E-state index contributed by atoms with van der Waals surface area (Å²) >= 11 is 1.22. The van der Waals surface area contributed by atoms with Gasteiger partial charge in [0.05, 0.1) is 36.2 Å². The third-order valence-electron chi connectivity index (χ3n) is 8.72. The van der Waals surface area contributed by atoms with Gasteiger partial charge in [0, 0.05) is 5.56 Å². The zero-order chi connectivity index (χ0) is 29.8. The molecule has 0 bridgehead atoms. The van der Waals surface area contributed by atoms with Gasteiger partial charge in [0.2, 0.25) is 5.89 Å². The van der Waals surface area contributed by atoms with Crippen LogP contribution in [0.2, 0.25) is 0 Å². The maximum atomic E-state index is 14.2. The number of benzene rings is 1. The number of thiophene rings is 1. The number of para-hydroxylation sites is 1. The second kappa shape index (κ2) is 10.8. The number of carboxylic acids is 1. The van der Waals surface area contributed by atoms with Crippen molar-refractivity contribution in [1.82, 2.24) is 19.4 Å². The van der Waals surface area contributed by atoms with Crippen LogP contribution >= 0.6 is 11.3 Å². The van der Waals surface area contributed by atoms with Crippen molar-refractivity contribution >= 4 is 27.5 Å². The molecular formula is C30H34N4O7S. The third-order valence-corrected chi connectivity index (χ3v) is 10.0. The van der Waals surface area contributed by atoms with E-state index < -0.39 is 28.9 Å². The van der Waals surface area contributed by atoms with E-state index in [0.29, 0.717) is 38.7 Å².